The molecule has 0 aromatic heterocycles. The van der Waals surface area contributed by atoms with Crippen molar-refractivity contribution >= 4 is 6.34 Å². The van der Waals surface area contributed by atoms with Crippen molar-refractivity contribution in [3.8, 4) is 5.75 Å². The summed E-state index contributed by atoms with van der Waals surface area (Å²) in [5, 5.41) is 0. The van der Waals surface area contributed by atoms with Gasteiger partial charge >= 0.3 is 0 Å². The van der Waals surface area contributed by atoms with Crippen LogP contribution in [0.3, 0.4) is 0 Å². The highest BCUT2D eigenvalue weighted by Gasteiger charge is 1.99. The number of methoxy groups -OCH3 is 1. The molecule has 0 amide bonds. The Kier molecular flexibility index (Phi) is 3.82. The topological polar surface area (TPSA) is 47.6 Å². The number of rotatable bonds is 4. The minimum absolute atomic E-state index is 0.705. The third-order valence-electron chi connectivity index (χ3n) is 1.81. The van der Waals surface area contributed by atoms with E-state index in [2.05, 4.69) is 4.99 Å². The van der Waals surface area contributed by atoms with E-state index in [0.29, 0.717) is 6.54 Å². The number of aliphatic imine (C=N–C) groups is 1. The Labute approximate surface area is 78.2 Å². The molecule has 0 unspecified atom stereocenters. The second kappa shape index (κ2) is 5.19. The Morgan fingerprint density at radius 3 is 2.92 bits per heavy atom. The van der Waals surface area contributed by atoms with Crippen LogP contribution in [0.4, 0.5) is 0 Å². The normalized spacial score (nSPS) is 10.5. The molecule has 3 heteroatoms. The van der Waals surface area contributed by atoms with E-state index in [9.17, 15) is 0 Å². The van der Waals surface area contributed by atoms with Gasteiger partial charge in [-0.1, -0.05) is 18.2 Å². The summed E-state index contributed by atoms with van der Waals surface area (Å²) in [5.41, 5.74) is 6.30. The van der Waals surface area contributed by atoms with E-state index in [1.807, 2.05) is 24.3 Å². The number of hydrogen-bond acceptors (Lipinski definition) is 2. The first-order chi connectivity index (χ1) is 6.38. The van der Waals surface area contributed by atoms with Gasteiger partial charge in [-0.25, -0.2) is 0 Å². The van der Waals surface area contributed by atoms with Gasteiger partial charge in [-0.15, -0.1) is 0 Å². The summed E-state index contributed by atoms with van der Waals surface area (Å²) in [5.74, 6) is 0.912. The van der Waals surface area contributed by atoms with Gasteiger partial charge in [0.15, 0.2) is 0 Å². The molecule has 70 valence electrons. The van der Waals surface area contributed by atoms with Gasteiger partial charge in [0.25, 0.3) is 0 Å². The maximum atomic E-state index is 5.19. The molecule has 0 spiro atoms. The predicted molar refractivity (Wildman–Crippen MR) is 54.2 cm³/mol. The standard InChI is InChI=1S/C10H14N2O/c1-13-10-5-3-2-4-9(10)6-7-12-8-11/h2-5,8H,6-7H2,1H3,(H2,11,12). The van der Waals surface area contributed by atoms with Gasteiger partial charge in [0.1, 0.15) is 5.75 Å². The molecule has 0 fully saturated rings. The second-order valence-corrected chi connectivity index (χ2v) is 2.62. The molecule has 1 rings (SSSR count). The van der Waals surface area contributed by atoms with Gasteiger partial charge in [0.2, 0.25) is 0 Å². The first-order valence-electron chi connectivity index (χ1n) is 4.20. The van der Waals surface area contributed by atoms with Crippen molar-refractivity contribution in [2.45, 2.75) is 6.42 Å². The Balaban J connectivity index is 2.64. The van der Waals surface area contributed by atoms with Crippen LogP contribution >= 0.6 is 0 Å². The summed E-state index contributed by atoms with van der Waals surface area (Å²) in [7, 11) is 1.67. The van der Waals surface area contributed by atoms with Gasteiger partial charge in [-0.2, -0.15) is 0 Å². The van der Waals surface area contributed by atoms with Crippen LogP contribution in [0.2, 0.25) is 0 Å². The van der Waals surface area contributed by atoms with Gasteiger partial charge in [0.05, 0.1) is 13.4 Å². The van der Waals surface area contributed by atoms with Crippen molar-refractivity contribution in [1.29, 1.82) is 0 Å². The van der Waals surface area contributed by atoms with Crippen LogP contribution in [-0.2, 0) is 6.42 Å². The van der Waals surface area contributed by atoms with Crippen molar-refractivity contribution in [2.24, 2.45) is 10.7 Å². The van der Waals surface area contributed by atoms with Gasteiger partial charge in [-0.3, -0.25) is 4.99 Å². The molecule has 0 atom stereocenters. The maximum Gasteiger partial charge on any atom is 0.122 e. The van der Waals surface area contributed by atoms with Gasteiger partial charge in [-0.05, 0) is 18.1 Å². The summed E-state index contributed by atoms with van der Waals surface area (Å²) >= 11 is 0. The number of benzene rings is 1. The molecule has 0 aliphatic carbocycles. The number of hydrogen-bond donors (Lipinski definition) is 1. The van der Waals surface area contributed by atoms with E-state index in [0.717, 1.165) is 17.7 Å². The highest BCUT2D eigenvalue weighted by molar-refractivity contribution is 5.51. The second-order valence-electron chi connectivity index (χ2n) is 2.62. The van der Waals surface area contributed by atoms with E-state index in [4.69, 9.17) is 10.5 Å². The maximum absolute atomic E-state index is 5.19. The fourth-order valence-electron chi connectivity index (χ4n) is 1.17. The van der Waals surface area contributed by atoms with Gasteiger partial charge in [0, 0.05) is 6.54 Å². The van der Waals surface area contributed by atoms with E-state index in [1.54, 1.807) is 7.11 Å². The van der Waals surface area contributed by atoms with Crippen LogP contribution < -0.4 is 10.5 Å². The Bertz CT molecular complexity index is 284. The lowest BCUT2D eigenvalue weighted by molar-refractivity contribution is 0.410. The summed E-state index contributed by atoms with van der Waals surface area (Å²) in [4.78, 5) is 3.94. The minimum atomic E-state index is 0.705. The molecule has 0 radical (unpaired) electrons. The molecule has 2 N–H and O–H groups in total. The molecule has 1 aromatic carbocycles. The summed E-state index contributed by atoms with van der Waals surface area (Å²) < 4.78 is 5.19. The quantitative estimate of drug-likeness (QED) is 0.556. The number of para-hydroxylation sites is 1. The van der Waals surface area contributed by atoms with Crippen molar-refractivity contribution in [2.75, 3.05) is 13.7 Å². The van der Waals surface area contributed by atoms with E-state index in [-0.39, 0.29) is 0 Å². The SMILES string of the molecule is COc1ccccc1CCN=CN. The van der Waals surface area contributed by atoms with E-state index >= 15 is 0 Å². The molecule has 0 bridgehead atoms. The number of ether oxygens (including phenoxy) is 1. The zero-order valence-corrected chi connectivity index (χ0v) is 7.73. The van der Waals surface area contributed by atoms with Crippen LogP contribution in [0.25, 0.3) is 0 Å². The van der Waals surface area contributed by atoms with Crippen LogP contribution in [0.15, 0.2) is 29.3 Å². The van der Waals surface area contributed by atoms with Crippen molar-refractivity contribution in [1.82, 2.24) is 0 Å². The molecule has 1 aromatic rings. The lowest BCUT2D eigenvalue weighted by Gasteiger charge is -2.05. The van der Waals surface area contributed by atoms with E-state index < -0.39 is 0 Å². The molecule has 0 aliphatic rings. The molecular formula is C10H14N2O. The zero-order chi connectivity index (χ0) is 9.52. The highest BCUT2D eigenvalue weighted by Crippen LogP contribution is 2.17. The number of nitrogens with two attached hydrogens (primary N) is 1. The van der Waals surface area contributed by atoms with Crippen molar-refractivity contribution in [3.63, 3.8) is 0 Å². The smallest absolute Gasteiger partial charge is 0.122 e. The number of nitrogens with zero attached hydrogens (tertiary/aromatic N) is 1. The average Bonchev–Trinajstić information content (AvgIpc) is 2.19. The molecule has 0 heterocycles. The Morgan fingerprint density at radius 1 is 1.46 bits per heavy atom. The average molecular weight is 178 g/mol. The predicted octanol–water partition coefficient (Wildman–Crippen LogP) is 1.22. The summed E-state index contributed by atoms with van der Waals surface area (Å²) in [6.45, 7) is 0.705. The molecule has 0 saturated carbocycles. The van der Waals surface area contributed by atoms with Crippen LogP contribution in [0.1, 0.15) is 5.56 Å². The fraction of sp³-hybridized carbons (Fsp3) is 0.300. The highest BCUT2D eigenvalue weighted by atomic mass is 16.5. The molecule has 0 saturated heterocycles. The van der Waals surface area contributed by atoms with E-state index in [1.165, 1.54) is 6.34 Å². The monoisotopic (exact) mass is 178 g/mol. The lowest BCUT2D eigenvalue weighted by atomic mass is 10.1. The van der Waals surface area contributed by atoms with Crippen LogP contribution in [-0.4, -0.2) is 20.0 Å². The fourth-order valence-corrected chi connectivity index (χ4v) is 1.17. The third-order valence-corrected chi connectivity index (χ3v) is 1.81. The van der Waals surface area contributed by atoms with Crippen LogP contribution in [0.5, 0.6) is 5.75 Å². The molecule has 3 nitrogen and oxygen atoms in total. The summed E-state index contributed by atoms with van der Waals surface area (Å²) in [6, 6.07) is 7.92. The lowest BCUT2D eigenvalue weighted by Crippen LogP contribution is -1.96. The Morgan fingerprint density at radius 2 is 2.23 bits per heavy atom. The van der Waals surface area contributed by atoms with Gasteiger partial charge < -0.3 is 10.5 Å². The third kappa shape index (κ3) is 2.78. The van der Waals surface area contributed by atoms with Crippen molar-refractivity contribution < 1.29 is 4.74 Å². The molecule has 0 aliphatic heterocycles. The molecular weight excluding hydrogens is 164 g/mol. The van der Waals surface area contributed by atoms with Crippen LogP contribution in [0, 0.1) is 0 Å². The first kappa shape index (κ1) is 9.58. The Hall–Kier alpha value is -1.51. The minimum Gasteiger partial charge on any atom is -0.496 e. The first-order valence-corrected chi connectivity index (χ1v) is 4.20. The zero-order valence-electron chi connectivity index (χ0n) is 7.73. The molecule has 13 heavy (non-hydrogen) atoms. The largest absolute Gasteiger partial charge is 0.496 e. The summed E-state index contributed by atoms with van der Waals surface area (Å²) in [6.07, 6.45) is 2.19. The van der Waals surface area contributed by atoms with Crippen molar-refractivity contribution in [3.05, 3.63) is 29.8 Å².